The van der Waals surface area contributed by atoms with E-state index in [2.05, 4.69) is 62.2 Å². The van der Waals surface area contributed by atoms with Gasteiger partial charge < -0.3 is 10.2 Å². The molecule has 1 N–H and O–H groups in total. The third-order valence-electron chi connectivity index (χ3n) is 3.66. The van der Waals surface area contributed by atoms with Gasteiger partial charge in [0.2, 0.25) is 0 Å². The molecule has 0 bridgehead atoms. The standard InChI is InChI=1S/C15H24N2/c1-11(2)14-5-7-15(8-6-14)17-10-12(3)16-9-13(17)4/h5-8,11-13,16H,9-10H2,1-4H3/t12-,13+/m0/s1. The molecule has 1 saturated heterocycles. The van der Waals surface area contributed by atoms with Crippen molar-refractivity contribution in [3.63, 3.8) is 0 Å². The first-order valence-electron chi connectivity index (χ1n) is 6.68. The van der Waals surface area contributed by atoms with Gasteiger partial charge in [0.15, 0.2) is 0 Å². The third kappa shape index (κ3) is 2.81. The summed E-state index contributed by atoms with van der Waals surface area (Å²) in [6.45, 7) is 11.2. The molecule has 0 aliphatic carbocycles. The average Bonchev–Trinajstić information content (AvgIpc) is 2.32. The van der Waals surface area contributed by atoms with Crippen LogP contribution in [-0.2, 0) is 0 Å². The van der Waals surface area contributed by atoms with Crippen LogP contribution in [-0.4, -0.2) is 25.2 Å². The lowest BCUT2D eigenvalue weighted by atomic mass is 10.0. The molecule has 1 aromatic rings. The Bertz CT molecular complexity index is 356. The molecule has 1 heterocycles. The number of hydrogen-bond donors (Lipinski definition) is 1. The van der Waals surface area contributed by atoms with Gasteiger partial charge >= 0.3 is 0 Å². The minimum Gasteiger partial charge on any atom is -0.366 e. The maximum absolute atomic E-state index is 3.52. The molecule has 2 heteroatoms. The van der Waals surface area contributed by atoms with E-state index in [0.29, 0.717) is 18.0 Å². The average molecular weight is 232 g/mol. The van der Waals surface area contributed by atoms with Gasteiger partial charge in [0.05, 0.1) is 0 Å². The van der Waals surface area contributed by atoms with E-state index in [4.69, 9.17) is 0 Å². The zero-order chi connectivity index (χ0) is 12.4. The van der Waals surface area contributed by atoms with Crippen molar-refractivity contribution >= 4 is 5.69 Å². The van der Waals surface area contributed by atoms with E-state index in [1.54, 1.807) is 0 Å². The van der Waals surface area contributed by atoms with Gasteiger partial charge in [-0.25, -0.2) is 0 Å². The molecule has 2 rings (SSSR count). The fourth-order valence-electron chi connectivity index (χ4n) is 2.43. The van der Waals surface area contributed by atoms with Crippen LogP contribution >= 0.6 is 0 Å². The zero-order valence-corrected chi connectivity index (χ0v) is 11.4. The van der Waals surface area contributed by atoms with Gasteiger partial charge in [-0.2, -0.15) is 0 Å². The molecule has 94 valence electrons. The Kier molecular flexibility index (Phi) is 3.72. The molecule has 0 amide bonds. The van der Waals surface area contributed by atoms with E-state index in [9.17, 15) is 0 Å². The van der Waals surface area contributed by atoms with Crippen LogP contribution in [0.3, 0.4) is 0 Å². The number of piperazine rings is 1. The molecule has 0 saturated carbocycles. The Morgan fingerprint density at radius 2 is 1.82 bits per heavy atom. The lowest BCUT2D eigenvalue weighted by Crippen LogP contribution is -2.54. The summed E-state index contributed by atoms with van der Waals surface area (Å²) in [7, 11) is 0. The Morgan fingerprint density at radius 3 is 2.41 bits per heavy atom. The van der Waals surface area contributed by atoms with Crippen molar-refractivity contribution in [2.45, 2.75) is 45.7 Å². The molecule has 1 aromatic carbocycles. The summed E-state index contributed by atoms with van der Waals surface area (Å²) in [6, 6.07) is 10.2. The second kappa shape index (κ2) is 5.09. The van der Waals surface area contributed by atoms with E-state index in [-0.39, 0.29) is 0 Å². The predicted molar refractivity (Wildman–Crippen MR) is 74.8 cm³/mol. The van der Waals surface area contributed by atoms with Crippen LogP contribution < -0.4 is 10.2 Å². The highest BCUT2D eigenvalue weighted by Gasteiger charge is 2.22. The van der Waals surface area contributed by atoms with E-state index < -0.39 is 0 Å². The van der Waals surface area contributed by atoms with Crippen molar-refractivity contribution in [1.29, 1.82) is 0 Å². The zero-order valence-electron chi connectivity index (χ0n) is 11.4. The summed E-state index contributed by atoms with van der Waals surface area (Å²) < 4.78 is 0. The minimum atomic E-state index is 0.580. The molecule has 2 atom stereocenters. The Balaban J connectivity index is 2.15. The molecule has 1 aliphatic rings. The highest BCUT2D eigenvalue weighted by atomic mass is 15.2. The summed E-state index contributed by atoms with van der Waals surface area (Å²) in [5.41, 5.74) is 2.78. The molecule has 17 heavy (non-hydrogen) atoms. The van der Waals surface area contributed by atoms with Gasteiger partial charge in [0.25, 0.3) is 0 Å². The quantitative estimate of drug-likeness (QED) is 0.843. The summed E-state index contributed by atoms with van der Waals surface area (Å²) in [4.78, 5) is 2.51. The second-order valence-corrected chi connectivity index (χ2v) is 5.56. The van der Waals surface area contributed by atoms with Crippen LogP contribution in [0.2, 0.25) is 0 Å². The first-order valence-corrected chi connectivity index (χ1v) is 6.68. The first kappa shape index (κ1) is 12.4. The molecule has 0 spiro atoms. The highest BCUT2D eigenvalue weighted by molar-refractivity contribution is 5.49. The molecule has 2 nitrogen and oxygen atoms in total. The van der Waals surface area contributed by atoms with Crippen molar-refractivity contribution in [1.82, 2.24) is 5.32 Å². The third-order valence-corrected chi connectivity index (χ3v) is 3.66. The summed E-state index contributed by atoms with van der Waals surface area (Å²) in [5, 5.41) is 3.52. The Morgan fingerprint density at radius 1 is 1.18 bits per heavy atom. The number of anilines is 1. The van der Waals surface area contributed by atoms with E-state index in [1.165, 1.54) is 11.3 Å². The van der Waals surface area contributed by atoms with Gasteiger partial charge in [-0.15, -0.1) is 0 Å². The summed E-state index contributed by atoms with van der Waals surface area (Å²) >= 11 is 0. The number of nitrogens with one attached hydrogen (secondary N) is 1. The van der Waals surface area contributed by atoms with Gasteiger partial charge in [0, 0.05) is 30.9 Å². The van der Waals surface area contributed by atoms with E-state index in [0.717, 1.165) is 13.1 Å². The maximum atomic E-state index is 3.52. The topological polar surface area (TPSA) is 15.3 Å². The first-order chi connectivity index (χ1) is 8.08. The van der Waals surface area contributed by atoms with E-state index in [1.807, 2.05) is 0 Å². The normalized spacial score (nSPS) is 25.4. The molecule has 1 fully saturated rings. The molecule has 1 aliphatic heterocycles. The number of hydrogen-bond acceptors (Lipinski definition) is 2. The summed E-state index contributed by atoms with van der Waals surface area (Å²) in [5.74, 6) is 0.614. The fraction of sp³-hybridized carbons (Fsp3) is 0.600. The molecule has 0 unspecified atom stereocenters. The molecule has 0 radical (unpaired) electrons. The van der Waals surface area contributed by atoms with E-state index >= 15 is 0 Å². The van der Waals surface area contributed by atoms with Crippen molar-refractivity contribution in [3.05, 3.63) is 29.8 Å². The monoisotopic (exact) mass is 232 g/mol. The largest absolute Gasteiger partial charge is 0.366 e. The number of nitrogens with zero attached hydrogens (tertiary/aromatic N) is 1. The fourth-order valence-corrected chi connectivity index (χ4v) is 2.43. The second-order valence-electron chi connectivity index (χ2n) is 5.56. The van der Waals surface area contributed by atoms with Crippen LogP contribution in [0.5, 0.6) is 0 Å². The lowest BCUT2D eigenvalue weighted by Gasteiger charge is -2.39. The Labute approximate surface area is 105 Å². The van der Waals surface area contributed by atoms with Gasteiger partial charge in [-0.3, -0.25) is 0 Å². The van der Waals surface area contributed by atoms with Crippen molar-refractivity contribution < 1.29 is 0 Å². The van der Waals surface area contributed by atoms with Crippen LogP contribution in [0.1, 0.15) is 39.2 Å². The van der Waals surface area contributed by atoms with Crippen molar-refractivity contribution in [2.24, 2.45) is 0 Å². The van der Waals surface area contributed by atoms with Gasteiger partial charge in [-0.1, -0.05) is 26.0 Å². The smallest absolute Gasteiger partial charge is 0.0387 e. The van der Waals surface area contributed by atoms with Crippen molar-refractivity contribution in [3.8, 4) is 0 Å². The number of benzene rings is 1. The number of rotatable bonds is 2. The summed E-state index contributed by atoms with van der Waals surface area (Å²) in [6.07, 6.45) is 0. The van der Waals surface area contributed by atoms with Crippen LogP contribution in [0.15, 0.2) is 24.3 Å². The molecular weight excluding hydrogens is 208 g/mol. The Hall–Kier alpha value is -1.02. The highest BCUT2D eigenvalue weighted by Crippen LogP contribution is 2.23. The minimum absolute atomic E-state index is 0.580. The van der Waals surface area contributed by atoms with Crippen molar-refractivity contribution in [2.75, 3.05) is 18.0 Å². The SMILES string of the molecule is CC(C)c1ccc(N2C[C@H](C)NC[C@H]2C)cc1. The predicted octanol–water partition coefficient (Wildman–Crippen LogP) is 3.00. The van der Waals surface area contributed by atoms with Crippen LogP contribution in [0, 0.1) is 0 Å². The maximum Gasteiger partial charge on any atom is 0.0387 e. The van der Waals surface area contributed by atoms with Crippen LogP contribution in [0.4, 0.5) is 5.69 Å². The van der Waals surface area contributed by atoms with Gasteiger partial charge in [-0.05, 0) is 37.5 Å². The molecular formula is C15H24N2. The van der Waals surface area contributed by atoms with Crippen LogP contribution in [0.25, 0.3) is 0 Å². The molecule has 0 aromatic heterocycles. The lowest BCUT2D eigenvalue weighted by molar-refractivity contribution is 0.425. The van der Waals surface area contributed by atoms with Gasteiger partial charge in [0.1, 0.15) is 0 Å².